The Hall–Kier alpha value is -1.54. The van der Waals surface area contributed by atoms with Crippen LogP contribution in [0, 0.1) is 6.92 Å². The average Bonchev–Trinajstić information content (AvgIpc) is 2.73. The number of nitrogens with one attached hydrogen (secondary N) is 1. The van der Waals surface area contributed by atoms with Crippen molar-refractivity contribution in [3.8, 4) is 0 Å². The molecule has 0 saturated carbocycles. The van der Waals surface area contributed by atoms with Crippen LogP contribution < -0.4 is 5.32 Å². The van der Waals surface area contributed by atoms with Crippen molar-refractivity contribution >= 4 is 29.4 Å². The summed E-state index contributed by atoms with van der Waals surface area (Å²) in [7, 11) is 2.92. The quantitative estimate of drug-likeness (QED) is 0.767. The van der Waals surface area contributed by atoms with E-state index in [0.717, 1.165) is 5.06 Å². The zero-order valence-electron chi connectivity index (χ0n) is 10.4. The van der Waals surface area contributed by atoms with Crippen LogP contribution >= 0.6 is 11.8 Å². The standard InChI is InChI=1S/C10H15N3O4S/c1-7-4-8(12-17-7)11-9(14)5-18-6-10(15)13(2)16-3/h4H,5-6H2,1-3H3,(H,11,12,14). The summed E-state index contributed by atoms with van der Waals surface area (Å²) in [5.74, 6) is 0.896. The van der Waals surface area contributed by atoms with Crippen LogP contribution in [-0.2, 0) is 14.4 Å². The molecule has 0 unspecified atom stereocenters. The van der Waals surface area contributed by atoms with E-state index in [-0.39, 0.29) is 23.3 Å². The fourth-order valence-corrected chi connectivity index (χ4v) is 1.74. The lowest BCUT2D eigenvalue weighted by Crippen LogP contribution is -2.27. The molecule has 1 aromatic rings. The van der Waals surface area contributed by atoms with Crippen molar-refractivity contribution in [3.63, 3.8) is 0 Å². The van der Waals surface area contributed by atoms with E-state index < -0.39 is 0 Å². The zero-order chi connectivity index (χ0) is 13.5. The van der Waals surface area contributed by atoms with E-state index in [2.05, 4.69) is 10.5 Å². The molecular formula is C10H15N3O4S. The molecule has 0 radical (unpaired) electrons. The summed E-state index contributed by atoms with van der Waals surface area (Å²) in [4.78, 5) is 27.5. The van der Waals surface area contributed by atoms with Gasteiger partial charge in [0.25, 0.3) is 5.91 Å². The van der Waals surface area contributed by atoms with Crippen molar-refractivity contribution in [1.29, 1.82) is 0 Å². The average molecular weight is 273 g/mol. The molecule has 7 nitrogen and oxygen atoms in total. The highest BCUT2D eigenvalue weighted by atomic mass is 32.2. The molecule has 1 aromatic heterocycles. The van der Waals surface area contributed by atoms with E-state index in [1.165, 1.54) is 25.9 Å². The summed E-state index contributed by atoms with van der Waals surface area (Å²) >= 11 is 1.20. The third kappa shape index (κ3) is 4.76. The van der Waals surface area contributed by atoms with Crippen molar-refractivity contribution in [1.82, 2.24) is 10.2 Å². The summed E-state index contributed by atoms with van der Waals surface area (Å²) < 4.78 is 4.81. The molecule has 0 aromatic carbocycles. The first-order valence-electron chi connectivity index (χ1n) is 5.14. The Morgan fingerprint density at radius 1 is 1.56 bits per heavy atom. The minimum Gasteiger partial charge on any atom is -0.360 e. The molecule has 0 aliphatic carbocycles. The van der Waals surface area contributed by atoms with Crippen molar-refractivity contribution in [2.45, 2.75) is 6.92 Å². The molecule has 18 heavy (non-hydrogen) atoms. The predicted molar refractivity (Wildman–Crippen MR) is 67.0 cm³/mol. The van der Waals surface area contributed by atoms with Crippen molar-refractivity contribution in [2.24, 2.45) is 0 Å². The lowest BCUT2D eigenvalue weighted by molar-refractivity contribution is -0.165. The van der Waals surface area contributed by atoms with Gasteiger partial charge in [-0.25, -0.2) is 5.06 Å². The molecule has 0 saturated heterocycles. The molecule has 0 aliphatic rings. The largest absolute Gasteiger partial charge is 0.360 e. The number of hydroxylamine groups is 2. The molecule has 8 heteroatoms. The highest BCUT2D eigenvalue weighted by molar-refractivity contribution is 8.00. The Kier molecular flexibility index (Phi) is 5.66. The third-order valence-corrected chi connectivity index (χ3v) is 2.90. The fourth-order valence-electron chi connectivity index (χ4n) is 1.03. The van der Waals surface area contributed by atoms with Crippen LogP contribution in [0.1, 0.15) is 5.76 Å². The highest BCUT2D eigenvalue weighted by Crippen LogP contribution is 2.08. The molecule has 1 heterocycles. The number of thioether (sulfide) groups is 1. The van der Waals surface area contributed by atoms with Crippen LogP contribution in [0.15, 0.2) is 10.6 Å². The smallest absolute Gasteiger partial charge is 0.255 e. The van der Waals surface area contributed by atoms with E-state index in [9.17, 15) is 9.59 Å². The predicted octanol–water partition coefficient (Wildman–Crippen LogP) is 0.675. The van der Waals surface area contributed by atoms with Crippen LogP contribution in [0.5, 0.6) is 0 Å². The number of nitrogens with zero attached hydrogens (tertiary/aromatic N) is 2. The highest BCUT2D eigenvalue weighted by Gasteiger charge is 2.10. The van der Waals surface area contributed by atoms with Crippen molar-refractivity contribution in [2.75, 3.05) is 31.0 Å². The van der Waals surface area contributed by atoms with E-state index in [4.69, 9.17) is 9.36 Å². The number of aryl methyl sites for hydroxylation is 1. The van der Waals surface area contributed by atoms with Crippen LogP contribution in [0.2, 0.25) is 0 Å². The molecule has 0 atom stereocenters. The van der Waals surface area contributed by atoms with E-state index in [1.54, 1.807) is 13.0 Å². The molecule has 0 spiro atoms. The Labute approximate surface area is 109 Å². The molecule has 1 rings (SSSR count). The normalized spacial score (nSPS) is 10.2. The van der Waals surface area contributed by atoms with Crippen molar-refractivity contribution in [3.05, 3.63) is 11.8 Å². The van der Waals surface area contributed by atoms with Gasteiger partial charge < -0.3 is 9.84 Å². The van der Waals surface area contributed by atoms with Gasteiger partial charge in [0.15, 0.2) is 5.82 Å². The first kappa shape index (κ1) is 14.5. The fraction of sp³-hybridized carbons (Fsp3) is 0.500. The first-order chi connectivity index (χ1) is 8.52. The Balaban J connectivity index is 2.23. The number of carbonyl (C=O) groups excluding carboxylic acids is 2. The van der Waals surface area contributed by atoms with Gasteiger partial charge in [0.2, 0.25) is 5.91 Å². The van der Waals surface area contributed by atoms with Gasteiger partial charge in [-0.1, -0.05) is 5.16 Å². The van der Waals surface area contributed by atoms with Crippen LogP contribution in [-0.4, -0.2) is 47.7 Å². The van der Waals surface area contributed by atoms with Gasteiger partial charge in [-0.05, 0) is 6.92 Å². The number of hydrogen-bond acceptors (Lipinski definition) is 6. The molecule has 2 amide bonds. The monoisotopic (exact) mass is 273 g/mol. The van der Waals surface area contributed by atoms with Crippen LogP contribution in [0.3, 0.4) is 0 Å². The zero-order valence-corrected chi connectivity index (χ0v) is 11.2. The van der Waals surface area contributed by atoms with Gasteiger partial charge in [-0.3, -0.25) is 14.4 Å². The lowest BCUT2D eigenvalue weighted by Gasteiger charge is -2.12. The summed E-state index contributed by atoms with van der Waals surface area (Å²) in [5.41, 5.74) is 0. The van der Waals surface area contributed by atoms with Crippen LogP contribution in [0.4, 0.5) is 5.82 Å². The van der Waals surface area contributed by atoms with Gasteiger partial charge >= 0.3 is 0 Å². The second-order valence-electron chi connectivity index (χ2n) is 3.44. The second kappa shape index (κ2) is 7.02. The van der Waals surface area contributed by atoms with Gasteiger partial charge in [0.1, 0.15) is 5.76 Å². The Morgan fingerprint density at radius 3 is 2.83 bits per heavy atom. The SMILES string of the molecule is CON(C)C(=O)CSCC(=O)Nc1cc(C)on1. The third-order valence-electron chi connectivity index (χ3n) is 1.98. The number of anilines is 1. The molecular weight excluding hydrogens is 258 g/mol. The van der Waals surface area contributed by atoms with Gasteiger partial charge in [-0.2, -0.15) is 0 Å². The Bertz CT molecular complexity index is 421. The van der Waals surface area contributed by atoms with E-state index >= 15 is 0 Å². The summed E-state index contributed by atoms with van der Waals surface area (Å²) in [5, 5.41) is 7.30. The van der Waals surface area contributed by atoms with Gasteiger partial charge in [0.05, 0.1) is 18.6 Å². The summed E-state index contributed by atoms with van der Waals surface area (Å²) in [6.07, 6.45) is 0. The maximum Gasteiger partial charge on any atom is 0.255 e. The summed E-state index contributed by atoms with van der Waals surface area (Å²) in [6.45, 7) is 1.73. The number of carbonyl (C=O) groups is 2. The number of amides is 2. The van der Waals surface area contributed by atoms with Gasteiger partial charge in [0, 0.05) is 13.1 Å². The van der Waals surface area contributed by atoms with Crippen molar-refractivity contribution < 1.29 is 18.9 Å². The van der Waals surface area contributed by atoms with E-state index in [1.807, 2.05) is 0 Å². The maximum atomic E-state index is 11.5. The Morgan fingerprint density at radius 2 is 2.28 bits per heavy atom. The van der Waals surface area contributed by atoms with Gasteiger partial charge in [-0.15, -0.1) is 11.8 Å². The minimum absolute atomic E-state index is 0.162. The summed E-state index contributed by atoms with van der Waals surface area (Å²) in [6, 6.07) is 1.62. The molecule has 0 aliphatic heterocycles. The number of rotatable bonds is 6. The second-order valence-corrected chi connectivity index (χ2v) is 4.42. The van der Waals surface area contributed by atoms with Crippen LogP contribution in [0.25, 0.3) is 0 Å². The molecule has 0 bridgehead atoms. The molecule has 0 fully saturated rings. The lowest BCUT2D eigenvalue weighted by atomic mass is 10.5. The number of hydrogen-bond donors (Lipinski definition) is 1. The minimum atomic E-state index is -0.235. The first-order valence-corrected chi connectivity index (χ1v) is 6.30. The maximum absolute atomic E-state index is 11.5. The topological polar surface area (TPSA) is 84.7 Å². The number of aromatic nitrogens is 1. The molecule has 100 valence electrons. The van der Waals surface area contributed by atoms with E-state index in [0.29, 0.717) is 11.6 Å². The molecule has 1 N–H and O–H groups in total.